The second-order valence-electron chi connectivity index (χ2n) is 6.48. The van der Waals surface area contributed by atoms with Crippen molar-refractivity contribution in [3.8, 4) is 0 Å². The van der Waals surface area contributed by atoms with E-state index in [1.54, 1.807) is 0 Å². The number of benzene rings is 1. The molecule has 128 valence electrons. The van der Waals surface area contributed by atoms with Crippen LogP contribution in [0.25, 0.3) is 0 Å². The highest BCUT2D eigenvalue weighted by molar-refractivity contribution is 5.33. The van der Waals surface area contributed by atoms with Crippen molar-refractivity contribution >= 4 is 11.9 Å². The van der Waals surface area contributed by atoms with Crippen molar-refractivity contribution in [3.63, 3.8) is 0 Å². The molecule has 0 bridgehead atoms. The quantitative estimate of drug-likeness (QED) is 0.874. The van der Waals surface area contributed by atoms with Crippen LogP contribution in [0.15, 0.2) is 30.3 Å². The van der Waals surface area contributed by atoms with E-state index in [4.69, 9.17) is 5.73 Å². The summed E-state index contributed by atoms with van der Waals surface area (Å²) in [6.07, 6.45) is 4.40. The Morgan fingerprint density at radius 1 is 1.17 bits per heavy atom. The Labute approximate surface area is 141 Å². The molecule has 1 heterocycles. The Kier molecular flexibility index (Phi) is 5.23. The second kappa shape index (κ2) is 7.55. The molecule has 1 aliphatic rings. The average Bonchev–Trinajstić information content (AvgIpc) is 2.57. The Morgan fingerprint density at radius 2 is 1.92 bits per heavy atom. The number of hydrogen-bond donors (Lipinski definition) is 2. The SMILES string of the molecule is CC(F)c1nc(N)nc(NC2CCCCC2Cc2ccccc2)n1. The third-order valence-electron chi connectivity index (χ3n) is 4.59. The molecule has 3 atom stereocenters. The minimum Gasteiger partial charge on any atom is -0.368 e. The third kappa shape index (κ3) is 4.19. The van der Waals surface area contributed by atoms with Crippen LogP contribution in [0.2, 0.25) is 0 Å². The number of aromatic nitrogens is 3. The maximum absolute atomic E-state index is 13.5. The van der Waals surface area contributed by atoms with Crippen LogP contribution in [0.4, 0.5) is 16.3 Å². The maximum atomic E-state index is 13.5. The summed E-state index contributed by atoms with van der Waals surface area (Å²) >= 11 is 0. The molecule has 1 fully saturated rings. The highest BCUT2D eigenvalue weighted by Gasteiger charge is 2.26. The zero-order valence-electron chi connectivity index (χ0n) is 14.0. The maximum Gasteiger partial charge on any atom is 0.228 e. The first-order valence-electron chi connectivity index (χ1n) is 8.58. The normalized spacial score (nSPS) is 22.1. The molecule has 5 nitrogen and oxygen atoms in total. The molecule has 0 radical (unpaired) electrons. The molecule has 3 unspecified atom stereocenters. The van der Waals surface area contributed by atoms with Gasteiger partial charge in [-0.25, -0.2) is 4.39 Å². The van der Waals surface area contributed by atoms with Gasteiger partial charge in [0.15, 0.2) is 12.0 Å². The predicted molar refractivity (Wildman–Crippen MR) is 93.3 cm³/mol. The molecule has 0 saturated heterocycles. The summed E-state index contributed by atoms with van der Waals surface area (Å²) in [7, 11) is 0. The van der Waals surface area contributed by atoms with Crippen LogP contribution in [-0.2, 0) is 6.42 Å². The minimum absolute atomic E-state index is 0.0578. The van der Waals surface area contributed by atoms with Crippen LogP contribution < -0.4 is 11.1 Å². The molecule has 2 aromatic rings. The van der Waals surface area contributed by atoms with E-state index in [0.717, 1.165) is 12.8 Å². The first-order chi connectivity index (χ1) is 11.6. The van der Waals surface area contributed by atoms with Gasteiger partial charge in [-0.1, -0.05) is 43.2 Å². The first kappa shape index (κ1) is 16.6. The fraction of sp³-hybridized carbons (Fsp3) is 0.500. The first-order valence-corrected chi connectivity index (χ1v) is 8.58. The van der Waals surface area contributed by atoms with Gasteiger partial charge in [0.2, 0.25) is 11.9 Å². The monoisotopic (exact) mass is 329 g/mol. The van der Waals surface area contributed by atoms with Crippen molar-refractivity contribution in [2.24, 2.45) is 5.92 Å². The van der Waals surface area contributed by atoms with Crippen LogP contribution in [0, 0.1) is 5.92 Å². The molecule has 1 saturated carbocycles. The molecule has 1 aliphatic carbocycles. The second-order valence-corrected chi connectivity index (χ2v) is 6.48. The van der Waals surface area contributed by atoms with Gasteiger partial charge in [-0.3, -0.25) is 0 Å². The van der Waals surface area contributed by atoms with Gasteiger partial charge in [0, 0.05) is 6.04 Å². The van der Waals surface area contributed by atoms with E-state index in [2.05, 4.69) is 44.5 Å². The summed E-state index contributed by atoms with van der Waals surface area (Å²) in [5.74, 6) is 1.03. The molecule has 1 aromatic carbocycles. The summed E-state index contributed by atoms with van der Waals surface area (Å²) in [6, 6.07) is 10.8. The zero-order valence-corrected chi connectivity index (χ0v) is 14.0. The molecule has 3 rings (SSSR count). The standard InChI is InChI=1S/C18H24FN5/c1-12(19)16-22-17(20)24-18(23-16)21-15-10-6-5-9-14(15)11-13-7-3-2-4-8-13/h2-4,7-8,12,14-15H,5-6,9-11H2,1H3,(H3,20,21,22,23,24). The summed E-state index contributed by atoms with van der Waals surface area (Å²) < 4.78 is 13.5. The molecule has 24 heavy (non-hydrogen) atoms. The van der Waals surface area contributed by atoms with Crippen LogP contribution in [-0.4, -0.2) is 21.0 Å². The van der Waals surface area contributed by atoms with Gasteiger partial charge in [0.25, 0.3) is 0 Å². The fourth-order valence-corrected chi connectivity index (χ4v) is 3.38. The number of hydrogen-bond acceptors (Lipinski definition) is 5. The smallest absolute Gasteiger partial charge is 0.228 e. The molecule has 6 heteroatoms. The fourth-order valence-electron chi connectivity index (χ4n) is 3.38. The lowest BCUT2D eigenvalue weighted by Gasteiger charge is -2.32. The summed E-state index contributed by atoms with van der Waals surface area (Å²) in [5.41, 5.74) is 7.03. The van der Waals surface area contributed by atoms with E-state index < -0.39 is 6.17 Å². The molecular formula is C18H24FN5. The lowest BCUT2D eigenvalue weighted by Crippen LogP contribution is -2.34. The molecule has 1 aromatic heterocycles. The molecule has 3 N–H and O–H groups in total. The minimum atomic E-state index is -1.26. The highest BCUT2D eigenvalue weighted by atomic mass is 19.1. The third-order valence-corrected chi connectivity index (χ3v) is 4.59. The Morgan fingerprint density at radius 3 is 2.67 bits per heavy atom. The van der Waals surface area contributed by atoms with Crippen molar-refractivity contribution in [2.75, 3.05) is 11.1 Å². The van der Waals surface area contributed by atoms with E-state index >= 15 is 0 Å². The topological polar surface area (TPSA) is 76.7 Å². The molecule has 0 aliphatic heterocycles. The molecular weight excluding hydrogens is 305 g/mol. The number of halogens is 1. The molecule has 0 spiro atoms. The Hall–Kier alpha value is -2.24. The summed E-state index contributed by atoms with van der Waals surface area (Å²) in [5, 5.41) is 3.38. The van der Waals surface area contributed by atoms with Crippen LogP contribution in [0.1, 0.15) is 50.2 Å². The van der Waals surface area contributed by atoms with Crippen molar-refractivity contribution in [2.45, 2.75) is 51.2 Å². The zero-order chi connectivity index (χ0) is 16.9. The van der Waals surface area contributed by atoms with E-state index in [0.29, 0.717) is 11.9 Å². The van der Waals surface area contributed by atoms with Crippen molar-refractivity contribution in [1.82, 2.24) is 15.0 Å². The van der Waals surface area contributed by atoms with Gasteiger partial charge < -0.3 is 11.1 Å². The lowest BCUT2D eigenvalue weighted by atomic mass is 9.81. The molecule has 0 amide bonds. The van der Waals surface area contributed by atoms with Crippen molar-refractivity contribution in [1.29, 1.82) is 0 Å². The van der Waals surface area contributed by atoms with Crippen molar-refractivity contribution < 1.29 is 4.39 Å². The van der Waals surface area contributed by atoms with Gasteiger partial charge in [-0.05, 0) is 37.7 Å². The number of nitrogen functional groups attached to an aromatic ring is 1. The summed E-state index contributed by atoms with van der Waals surface area (Å²) in [6.45, 7) is 1.40. The number of nitrogens with zero attached hydrogens (tertiary/aromatic N) is 3. The Bertz CT molecular complexity index is 662. The Balaban J connectivity index is 1.74. The lowest BCUT2D eigenvalue weighted by molar-refractivity contribution is 0.321. The van der Waals surface area contributed by atoms with Gasteiger partial charge in [-0.2, -0.15) is 15.0 Å². The largest absolute Gasteiger partial charge is 0.368 e. The number of nitrogens with two attached hydrogens (primary N) is 1. The van der Waals surface area contributed by atoms with Gasteiger partial charge >= 0.3 is 0 Å². The van der Waals surface area contributed by atoms with E-state index in [1.807, 2.05) is 6.07 Å². The van der Waals surface area contributed by atoms with Gasteiger partial charge in [0.1, 0.15) is 0 Å². The number of alkyl halides is 1. The van der Waals surface area contributed by atoms with E-state index in [9.17, 15) is 4.39 Å². The van der Waals surface area contributed by atoms with Gasteiger partial charge in [-0.15, -0.1) is 0 Å². The predicted octanol–water partition coefficient (Wildman–Crippen LogP) is 3.70. The average molecular weight is 329 g/mol. The van der Waals surface area contributed by atoms with Crippen LogP contribution in [0.3, 0.4) is 0 Å². The van der Waals surface area contributed by atoms with Crippen LogP contribution >= 0.6 is 0 Å². The van der Waals surface area contributed by atoms with Crippen LogP contribution in [0.5, 0.6) is 0 Å². The van der Waals surface area contributed by atoms with Crippen molar-refractivity contribution in [3.05, 3.63) is 41.7 Å². The summed E-state index contributed by atoms with van der Waals surface area (Å²) in [4.78, 5) is 12.2. The number of anilines is 2. The van der Waals surface area contributed by atoms with E-state index in [1.165, 1.54) is 31.7 Å². The number of rotatable bonds is 5. The highest BCUT2D eigenvalue weighted by Crippen LogP contribution is 2.29. The van der Waals surface area contributed by atoms with Gasteiger partial charge in [0.05, 0.1) is 0 Å². The van der Waals surface area contributed by atoms with E-state index in [-0.39, 0.29) is 17.8 Å². The number of nitrogens with one attached hydrogen (secondary N) is 1.